The number of carboxylic acids is 1. The van der Waals surface area contributed by atoms with Gasteiger partial charge < -0.3 is 9.52 Å². The highest BCUT2D eigenvalue weighted by atomic mass is 127. The van der Waals surface area contributed by atoms with E-state index < -0.39 is 5.97 Å². The van der Waals surface area contributed by atoms with Crippen LogP contribution in [0.2, 0.25) is 0 Å². The molecular formula is C13H11FINO3. The van der Waals surface area contributed by atoms with Gasteiger partial charge in [-0.3, -0.25) is 0 Å². The Morgan fingerprint density at radius 3 is 2.84 bits per heavy atom. The molecule has 0 saturated carbocycles. The first-order valence-electron chi connectivity index (χ1n) is 5.71. The molecule has 1 aromatic heterocycles. The van der Waals surface area contributed by atoms with Gasteiger partial charge in [0.2, 0.25) is 11.7 Å². The topological polar surface area (TPSA) is 63.3 Å². The maximum absolute atomic E-state index is 13.0. The molecule has 0 unspecified atom stereocenters. The van der Waals surface area contributed by atoms with E-state index in [1.165, 1.54) is 18.2 Å². The molecule has 0 bridgehead atoms. The molecule has 100 valence electrons. The average molecular weight is 375 g/mol. The van der Waals surface area contributed by atoms with Crippen LogP contribution in [0.4, 0.5) is 4.39 Å². The molecule has 2 rings (SSSR count). The van der Waals surface area contributed by atoms with E-state index in [2.05, 4.69) is 4.98 Å². The van der Waals surface area contributed by atoms with E-state index in [1.807, 2.05) is 29.5 Å². The molecule has 0 amide bonds. The zero-order valence-corrected chi connectivity index (χ0v) is 12.3. The van der Waals surface area contributed by atoms with Gasteiger partial charge in [0.1, 0.15) is 5.82 Å². The van der Waals surface area contributed by atoms with Crippen molar-refractivity contribution in [3.63, 3.8) is 0 Å². The third-order valence-corrected chi connectivity index (χ3v) is 3.43. The highest BCUT2D eigenvalue weighted by Gasteiger charge is 2.20. The van der Waals surface area contributed by atoms with Crippen LogP contribution in [-0.4, -0.2) is 16.1 Å². The lowest BCUT2D eigenvalue weighted by Crippen LogP contribution is -1.99. The van der Waals surface area contributed by atoms with Gasteiger partial charge in [-0.25, -0.2) is 14.2 Å². The van der Waals surface area contributed by atoms with E-state index >= 15 is 0 Å². The molecule has 0 aliphatic rings. The van der Waals surface area contributed by atoms with Crippen molar-refractivity contribution in [2.24, 2.45) is 0 Å². The van der Waals surface area contributed by atoms with Crippen molar-refractivity contribution in [2.75, 3.05) is 0 Å². The van der Waals surface area contributed by atoms with Crippen molar-refractivity contribution in [3.05, 3.63) is 39.0 Å². The largest absolute Gasteiger partial charge is 0.475 e. The van der Waals surface area contributed by atoms with Crippen molar-refractivity contribution in [3.8, 4) is 11.5 Å². The van der Waals surface area contributed by atoms with Crippen LogP contribution in [0.15, 0.2) is 22.6 Å². The lowest BCUT2D eigenvalue weighted by atomic mass is 10.2. The number of carboxylic acid groups (broad SMARTS) is 1. The summed E-state index contributed by atoms with van der Waals surface area (Å²) in [5.74, 6) is -1.42. The van der Waals surface area contributed by atoms with Gasteiger partial charge in [-0.1, -0.05) is 13.3 Å². The number of halogens is 2. The van der Waals surface area contributed by atoms with Crippen molar-refractivity contribution in [2.45, 2.75) is 19.8 Å². The molecule has 0 aliphatic heterocycles. The number of hydrogen-bond donors (Lipinski definition) is 1. The molecule has 0 aliphatic carbocycles. The summed E-state index contributed by atoms with van der Waals surface area (Å²) < 4.78 is 19.0. The van der Waals surface area contributed by atoms with E-state index in [1.54, 1.807) is 0 Å². The summed E-state index contributed by atoms with van der Waals surface area (Å²) in [7, 11) is 0. The van der Waals surface area contributed by atoms with Gasteiger partial charge in [0.25, 0.3) is 0 Å². The summed E-state index contributed by atoms with van der Waals surface area (Å²) in [4.78, 5) is 15.3. The molecule has 0 saturated heterocycles. The third kappa shape index (κ3) is 2.94. The lowest BCUT2D eigenvalue weighted by molar-refractivity contribution is 0.0661. The first-order chi connectivity index (χ1) is 9.02. The molecule has 0 fully saturated rings. The number of aromatic carboxylic acids is 1. The lowest BCUT2D eigenvalue weighted by Gasteiger charge is -1.99. The Labute approximate surface area is 122 Å². The number of hydrogen-bond acceptors (Lipinski definition) is 3. The fourth-order valence-electron chi connectivity index (χ4n) is 1.70. The number of rotatable bonds is 4. The first-order valence-corrected chi connectivity index (χ1v) is 6.79. The normalized spacial score (nSPS) is 10.7. The second-order valence-electron chi connectivity index (χ2n) is 3.97. The number of carbonyl (C=O) groups is 1. The number of aromatic nitrogens is 1. The predicted octanol–water partition coefficient (Wildman–Crippen LogP) is 3.74. The Morgan fingerprint density at radius 2 is 2.26 bits per heavy atom. The second-order valence-corrected chi connectivity index (χ2v) is 5.14. The molecule has 2 aromatic rings. The van der Waals surface area contributed by atoms with E-state index in [-0.39, 0.29) is 17.5 Å². The molecule has 1 N–H and O–H groups in total. The van der Waals surface area contributed by atoms with E-state index in [0.29, 0.717) is 21.2 Å². The molecule has 0 radical (unpaired) electrons. The number of nitrogens with zero attached hydrogens (tertiary/aromatic N) is 1. The summed E-state index contributed by atoms with van der Waals surface area (Å²) in [6, 6.07) is 4.17. The monoisotopic (exact) mass is 375 g/mol. The summed E-state index contributed by atoms with van der Waals surface area (Å²) in [5.41, 5.74) is 1.01. The zero-order valence-electron chi connectivity index (χ0n) is 10.1. The average Bonchev–Trinajstić information content (AvgIpc) is 2.73. The van der Waals surface area contributed by atoms with Crippen LogP contribution in [0.5, 0.6) is 0 Å². The first kappa shape index (κ1) is 14.0. The number of benzene rings is 1. The van der Waals surface area contributed by atoms with Crippen LogP contribution >= 0.6 is 22.6 Å². The smallest absolute Gasteiger partial charge is 0.373 e. The SMILES string of the molecule is CCCc1nc(-c2ccc(F)cc2I)oc1C(=O)O. The van der Waals surface area contributed by atoms with Gasteiger partial charge in [0, 0.05) is 3.57 Å². The molecule has 1 aromatic carbocycles. The van der Waals surface area contributed by atoms with Crippen molar-refractivity contribution >= 4 is 28.6 Å². The van der Waals surface area contributed by atoms with Gasteiger partial charge in [-0.2, -0.15) is 0 Å². The Morgan fingerprint density at radius 1 is 1.53 bits per heavy atom. The summed E-state index contributed by atoms with van der Waals surface area (Å²) >= 11 is 1.96. The van der Waals surface area contributed by atoms with Crippen LogP contribution in [0.3, 0.4) is 0 Å². The van der Waals surface area contributed by atoms with Crippen LogP contribution in [0.1, 0.15) is 29.6 Å². The third-order valence-electron chi connectivity index (χ3n) is 2.54. The zero-order chi connectivity index (χ0) is 14.0. The quantitative estimate of drug-likeness (QED) is 0.828. The van der Waals surface area contributed by atoms with Gasteiger partial charge in [0.05, 0.1) is 11.3 Å². The Bertz CT molecular complexity index is 624. The minimum Gasteiger partial charge on any atom is -0.475 e. The van der Waals surface area contributed by atoms with Crippen molar-refractivity contribution in [1.82, 2.24) is 4.98 Å². The fraction of sp³-hybridized carbons (Fsp3) is 0.231. The molecule has 1 heterocycles. The summed E-state index contributed by atoms with van der Waals surface area (Å²) in [6.45, 7) is 1.93. The van der Waals surface area contributed by atoms with E-state index in [0.717, 1.165) is 6.42 Å². The highest BCUT2D eigenvalue weighted by molar-refractivity contribution is 14.1. The summed E-state index contributed by atoms with van der Waals surface area (Å²) in [6.07, 6.45) is 1.30. The molecular weight excluding hydrogens is 364 g/mol. The Kier molecular flexibility index (Phi) is 4.18. The predicted molar refractivity (Wildman–Crippen MR) is 75.6 cm³/mol. The van der Waals surface area contributed by atoms with Crippen LogP contribution in [-0.2, 0) is 6.42 Å². The molecule has 19 heavy (non-hydrogen) atoms. The molecule has 4 nitrogen and oxygen atoms in total. The van der Waals surface area contributed by atoms with Crippen LogP contribution in [0, 0.1) is 9.39 Å². The fourth-order valence-corrected chi connectivity index (χ4v) is 2.41. The van der Waals surface area contributed by atoms with E-state index in [9.17, 15) is 9.18 Å². The number of aryl methyl sites for hydroxylation is 1. The van der Waals surface area contributed by atoms with E-state index in [4.69, 9.17) is 9.52 Å². The second kappa shape index (κ2) is 5.68. The molecule has 0 atom stereocenters. The Balaban J connectivity index is 2.50. The van der Waals surface area contributed by atoms with Gasteiger partial charge >= 0.3 is 5.97 Å². The maximum atomic E-state index is 13.0. The standard InChI is InChI=1S/C13H11FINO3/c1-2-3-10-11(13(17)18)19-12(16-10)8-5-4-7(14)6-9(8)15/h4-6H,2-3H2,1H3,(H,17,18). The minimum absolute atomic E-state index is 0.142. The highest BCUT2D eigenvalue weighted by Crippen LogP contribution is 2.27. The van der Waals surface area contributed by atoms with Gasteiger partial charge in [0.15, 0.2) is 0 Å². The molecule has 6 heteroatoms. The van der Waals surface area contributed by atoms with Gasteiger partial charge in [-0.05, 0) is 47.2 Å². The summed E-state index contributed by atoms with van der Waals surface area (Å²) in [5, 5.41) is 9.07. The van der Waals surface area contributed by atoms with Crippen molar-refractivity contribution in [1.29, 1.82) is 0 Å². The maximum Gasteiger partial charge on any atom is 0.373 e. The van der Waals surface area contributed by atoms with Crippen LogP contribution in [0.25, 0.3) is 11.5 Å². The number of oxazole rings is 1. The molecule has 0 spiro atoms. The van der Waals surface area contributed by atoms with Crippen LogP contribution < -0.4 is 0 Å². The minimum atomic E-state index is -1.14. The Hall–Kier alpha value is -1.44. The van der Waals surface area contributed by atoms with Crippen molar-refractivity contribution < 1.29 is 18.7 Å². The van der Waals surface area contributed by atoms with Gasteiger partial charge in [-0.15, -0.1) is 0 Å².